The Morgan fingerprint density at radius 1 is 0.914 bits per heavy atom. The molecule has 2 aromatic carbocycles. The van der Waals surface area contributed by atoms with Crippen LogP contribution >= 0.6 is 22.7 Å². The molecule has 0 saturated carbocycles. The van der Waals surface area contributed by atoms with Crippen LogP contribution < -0.4 is 0 Å². The SMILES string of the molecule is [C-]#[N+]/C(=C\c1cnc(-c2ncc(/C=C(\C#N)c3ccc(C)cc3)s2)s1)c1ccc(C(F)(F)F)cc1. The van der Waals surface area contributed by atoms with Crippen molar-refractivity contribution in [3.05, 3.63) is 104 Å². The van der Waals surface area contributed by atoms with Crippen molar-refractivity contribution >= 4 is 46.1 Å². The van der Waals surface area contributed by atoms with Crippen molar-refractivity contribution in [2.75, 3.05) is 0 Å². The van der Waals surface area contributed by atoms with Gasteiger partial charge in [-0.05, 0) is 30.2 Å². The summed E-state index contributed by atoms with van der Waals surface area (Å²) in [7, 11) is 0. The lowest BCUT2D eigenvalue weighted by Gasteiger charge is -2.07. The van der Waals surface area contributed by atoms with E-state index in [9.17, 15) is 18.4 Å². The molecule has 0 aliphatic heterocycles. The van der Waals surface area contributed by atoms with Crippen molar-refractivity contribution in [1.29, 1.82) is 5.26 Å². The zero-order valence-corrected chi connectivity index (χ0v) is 19.8. The maximum Gasteiger partial charge on any atom is 0.416 e. The molecule has 4 nitrogen and oxygen atoms in total. The van der Waals surface area contributed by atoms with Gasteiger partial charge in [-0.15, -0.1) is 22.7 Å². The average Bonchev–Trinajstić information content (AvgIpc) is 3.51. The standard InChI is InChI=1S/C26H15F3N4S2/c1-16-3-5-17(6-4-16)19(13-30)11-21-14-32-24(34-21)25-33-15-22(35-25)12-23(31-2)18-7-9-20(10-8-18)26(27,28)29/h3-12,14-15H,1H3/b19-11+,23-12-. The van der Waals surface area contributed by atoms with Crippen LogP contribution in [0, 0.1) is 24.8 Å². The second kappa shape index (κ2) is 10.1. The highest BCUT2D eigenvalue weighted by Gasteiger charge is 2.30. The molecule has 4 aromatic rings. The minimum absolute atomic E-state index is 0.216. The Morgan fingerprint density at radius 3 is 1.97 bits per heavy atom. The van der Waals surface area contributed by atoms with Gasteiger partial charge in [0.15, 0.2) is 15.7 Å². The summed E-state index contributed by atoms with van der Waals surface area (Å²) in [4.78, 5) is 13.7. The van der Waals surface area contributed by atoms with Crippen LogP contribution in [0.4, 0.5) is 13.2 Å². The van der Waals surface area contributed by atoms with Gasteiger partial charge in [-0.3, -0.25) is 0 Å². The van der Waals surface area contributed by atoms with Crippen LogP contribution in [0.25, 0.3) is 38.3 Å². The van der Waals surface area contributed by atoms with E-state index in [0.717, 1.165) is 28.1 Å². The van der Waals surface area contributed by atoms with Crippen LogP contribution in [-0.2, 0) is 6.18 Å². The number of rotatable bonds is 5. The molecule has 0 unspecified atom stereocenters. The molecule has 0 spiro atoms. The zero-order valence-electron chi connectivity index (χ0n) is 18.2. The quantitative estimate of drug-likeness (QED) is 0.204. The topological polar surface area (TPSA) is 53.9 Å². The first-order valence-electron chi connectivity index (χ1n) is 10.1. The molecule has 0 aliphatic carbocycles. The number of hydrogen-bond donors (Lipinski definition) is 0. The second-order valence-electron chi connectivity index (χ2n) is 7.39. The largest absolute Gasteiger partial charge is 0.416 e. The van der Waals surface area contributed by atoms with Gasteiger partial charge in [0.05, 0.1) is 23.8 Å². The molecule has 0 fully saturated rings. The average molecular weight is 505 g/mol. The summed E-state index contributed by atoms with van der Waals surface area (Å²) < 4.78 is 38.4. The zero-order chi connectivity index (χ0) is 25.0. The van der Waals surface area contributed by atoms with E-state index in [-0.39, 0.29) is 5.70 Å². The van der Waals surface area contributed by atoms with Crippen molar-refractivity contribution in [2.24, 2.45) is 0 Å². The lowest BCUT2D eigenvalue weighted by atomic mass is 10.1. The minimum Gasteiger partial charge on any atom is -0.241 e. The smallest absolute Gasteiger partial charge is 0.241 e. The van der Waals surface area contributed by atoms with Gasteiger partial charge in [0.2, 0.25) is 0 Å². The van der Waals surface area contributed by atoms with Gasteiger partial charge in [0, 0.05) is 22.1 Å². The van der Waals surface area contributed by atoms with Crippen molar-refractivity contribution in [3.8, 4) is 16.1 Å². The van der Waals surface area contributed by atoms with Crippen molar-refractivity contribution < 1.29 is 13.2 Å². The van der Waals surface area contributed by atoms with E-state index in [1.54, 1.807) is 24.5 Å². The van der Waals surface area contributed by atoms with E-state index in [4.69, 9.17) is 6.57 Å². The maximum atomic E-state index is 12.8. The summed E-state index contributed by atoms with van der Waals surface area (Å²) in [6, 6.07) is 14.4. The van der Waals surface area contributed by atoms with Crippen molar-refractivity contribution in [2.45, 2.75) is 13.1 Å². The number of benzene rings is 2. The van der Waals surface area contributed by atoms with Gasteiger partial charge in [-0.25, -0.2) is 14.8 Å². The number of halogens is 3. The number of allylic oxidation sites excluding steroid dienone is 1. The molecule has 2 heterocycles. The molecule has 0 amide bonds. The first-order chi connectivity index (χ1) is 16.8. The fourth-order valence-corrected chi connectivity index (χ4v) is 4.85. The second-order valence-corrected chi connectivity index (χ2v) is 9.51. The van der Waals surface area contributed by atoms with E-state index in [1.807, 2.05) is 31.2 Å². The molecule has 0 bridgehead atoms. The molecule has 0 radical (unpaired) electrons. The highest BCUT2D eigenvalue weighted by Crippen LogP contribution is 2.34. The van der Waals surface area contributed by atoms with Gasteiger partial charge >= 0.3 is 6.18 Å². The maximum absolute atomic E-state index is 12.8. The van der Waals surface area contributed by atoms with Crippen LogP contribution in [0.15, 0.2) is 60.9 Å². The number of nitriles is 1. The predicted octanol–water partition coefficient (Wildman–Crippen LogP) is 8.08. The minimum atomic E-state index is -4.43. The molecule has 0 N–H and O–H groups in total. The Kier molecular flexibility index (Phi) is 6.92. The molecular weight excluding hydrogens is 489 g/mol. The third kappa shape index (κ3) is 5.72. The number of aromatic nitrogens is 2. The summed E-state index contributed by atoms with van der Waals surface area (Å²) in [6.45, 7) is 9.42. The summed E-state index contributed by atoms with van der Waals surface area (Å²) in [6.07, 6.45) is 2.22. The lowest BCUT2D eigenvalue weighted by molar-refractivity contribution is -0.137. The Bertz CT molecular complexity index is 1490. The number of alkyl halides is 3. The van der Waals surface area contributed by atoms with E-state index in [2.05, 4.69) is 20.9 Å². The highest BCUT2D eigenvalue weighted by molar-refractivity contribution is 7.22. The molecule has 0 saturated heterocycles. The van der Waals surface area contributed by atoms with Gasteiger partial charge in [0.1, 0.15) is 0 Å². The van der Waals surface area contributed by atoms with E-state index < -0.39 is 11.7 Å². The highest BCUT2D eigenvalue weighted by atomic mass is 32.1. The molecule has 9 heteroatoms. The Morgan fingerprint density at radius 2 is 1.46 bits per heavy atom. The summed E-state index contributed by atoms with van der Waals surface area (Å²) >= 11 is 2.71. The number of thiazole rings is 2. The van der Waals surface area contributed by atoms with Gasteiger partial charge < -0.3 is 0 Å². The molecule has 172 valence electrons. The molecule has 0 aliphatic rings. The fraction of sp³-hybridized carbons (Fsp3) is 0.0769. The molecule has 35 heavy (non-hydrogen) atoms. The van der Waals surface area contributed by atoms with Crippen molar-refractivity contribution in [3.63, 3.8) is 0 Å². The van der Waals surface area contributed by atoms with Crippen LogP contribution in [0.1, 0.15) is 32.0 Å². The molecule has 2 aromatic heterocycles. The van der Waals surface area contributed by atoms with Crippen LogP contribution in [0.2, 0.25) is 0 Å². The van der Waals surface area contributed by atoms with Crippen LogP contribution in [0.5, 0.6) is 0 Å². The third-order valence-corrected chi connectivity index (χ3v) is 6.94. The molecular formula is C26H15F3N4S2. The summed E-state index contributed by atoms with van der Waals surface area (Å²) in [5, 5.41) is 10.9. The first kappa shape index (κ1) is 24.1. The lowest BCUT2D eigenvalue weighted by Crippen LogP contribution is -2.04. The fourth-order valence-electron chi connectivity index (χ4n) is 3.10. The van der Waals surface area contributed by atoms with E-state index in [1.165, 1.54) is 34.8 Å². The Labute approximate surface area is 207 Å². The van der Waals surface area contributed by atoms with Crippen molar-refractivity contribution in [1.82, 2.24) is 9.97 Å². The monoisotopic (exact) mass is 504 g/mol. The third-order valence-electron chi connectivity index (χ3n) is 4.91. The Balaban J connectivity index is 1.56. The number of nitrogens with zero attached hydrogens (tertiary/aromatic N) is 4. The molecule has 0 atom stereocenters. The van der Waals surface area contributed by atoms with Gasteiger partial charge in [-0.1, -0.05) is 54.1 Å². The number of hydrogen-bond acceptors (Lipinski definition) is 5. The van der Waals surface area contributed by atoms with E-state index in [0.29, 0.717) is 26.0 Å². The normalized spacial score (nSPS) is 12.3. The summed E-state index contributed by atoms with van der Waals surface area (Å²) in [5.41, 5.74) is 2.31. The van der Waals surface area contributed by atoms with E-state index >= 15 is 0 Å². The summed E-state index contributed by atoms with van der Waals surface area (Å²) in [5.74, 6) is 0. The van der Waals surface area contributed by atoms with Gasteiger partial charge in [-0.2, -0.15) is 18.4 Å². The van der Waals surface area contributed by atoms with Crippen LogP contribution in [0.3, 0.4) is 0 Å². The molecule has 4 rings (SSSR count). The first-order valence-corrected chi connectivity index (χ1v) is 11.8. The predicted molar refractivity (Wildman–Crippen MR) is 134 cm³/mol. The number of aryl methyl sites for hydroxylation is 1. The Hall–Kier alpha value is -4.05. The van der Waals surface area contributed by atoms with Gasteiger partial charge in [0.25, 0.3) is 0 Å². The van der Waals surface area contributed by atoms with Crippen LogP contribution in [-0.4, -0.2) is 9.97 Å².